The summed E-state index contributed by atoms with van der Waals surface area (Å²) in [5, 5.41) is 11.5. The summed E-state index contributed by atoms with van der Waals surface area (Å²) >= 11 is 0. The van der Waals surface area contributed by atoms with Gasteiger partial charge >= 0.3 is 0 Å². The van der Waals surface area contributed by atoms with E-state index in [0.717, 1.165) is 19.3 Å². The molecular weight excluding hydrogens is 280 g/mol. The summed E-state index contributed by atoms with van der Waals surface area (Å²) in [5.41, 5.74) is 0.194. The Morgan fingerprint density at radius 3 is 2.55 bits per heavy atom. The molecule has 1 aliphatic heterocycles. The molecule has 1 aromatic heterocycles. The highest BCUT2D eigenvalue weighted by molar-refractivity contribution is 7.89. The van der Waals surface area contributed by atoms with Crippen molar-refractivity contribution in [3.63, 3.8) is 0 Å². The lowest BCUT2D eigenvalue weighted by Crippen LogP contribution is -2.39. The number of nitrogens with one attached hydrogen (secondary N) is 1. The molecule has 0 aromatic carbocycles. The number of rotatable bonds is 3. The predicted molar refractivity (Wildman–Crippen MR) is 73.6 cm³/mol. The van der Waals surface area contributed by atoms with Crippen molar-refractivity contribution in [2.24, 2.45) is 11.1 Å². The topological polar surface area (TPSA) is 109 Å². The van der Waals surface area contributed by atoms with Gasteiger partial charge < -0.3 is 4.90 Å². The van der Waals surface area contributed by atoms with E-state index in [-0.39, 0.29) is 16.5 Å². The number of amides is 1. The smallest absolute Gasteiger partial charge is 0.275 e. The SMILES string of the molecule is CCC1CCN(C(=O)c2n[nH]c(C)c2S(N)(=O)=O)CC1. The van der Waals surface area contributed by atoms with E-state index in [9.17, 15) is 13.2 Å². The van der Waals surface area contributed by atoms with Gasteiger partial charge in [0.25, 0.3) is 5.91 Å². The van der Waals surface area contributed by atoms with Crippen LogP contribution in [-0.2, 0) is 10.0 Å². The third-order valence-corrected chi connectivity index (χ3v) is 4.93. The number of aryl methyl sites for hydroxylation is 1. The Morgan fingerprint density at radius 2 is 2.05 bits per heavy atom. The Morgan fingerprint density at radius 1 is 1.45 bits per heavy atom. The van der Waals surface area contributed by atoms with E-state index in [1.807, 2.05) is 0 Å². The molecule has 0 atom stereocenters. The summed E-state index contributed by atoms with van der Waals surface area (Å²) in [5.74, 6) is 0.269. The van der Waals surface area contributed by atoms with Crippen molar-refractivity contribution < 1.29 is 13.2 Å². The maximum absolute atomic E-state index is 12.4. The summed E-state index contributed by atoms with van der Waals surface area (Å²) in [4.78, 5) is 13.9. The molecule has 0 radical (unpaired) electrons. The Kier molecular flexibility index (Phi) is 4.14. The monoisotopic (exact) mass is 300 g/mol. The molecule has 1 aromatic rings. The number of hydrogen-bond donors (Lipinski definition) is 2. The van der Waals surface area contributed by atoms with Gasteiger partial charge in [0.2, 0.25) is 10.0 Å². The number of carbonyl (C=O) groups is 1. The zero-order valence-electron chi connectivity index (χ0n) is 11.7. The van der Waals surface area contributed by atoms with Crippen molar-refractivity contribution in [2.45, 2.75) is 38.0 Å². The van der Waals surface area contributed by atoms with Crippen molar-refractivity contribution in [2.75, 3.05) is 13.1 Å². The Labute approximate surface area is 118 Å². The summed E-state index contributed by atoms with van der Waals surface area (Å²) in [6.45, 7) is 4.94. The molecule has 112 valence electrons. The highest BCUT2D eigenvalue weighted by Crippen LogP contribution is 2.23. The van der Waals surface area contributed by atoms with Crippen LogP contribution in [0.3, 0.4) is 0 Å². The third-order valence-electron chi connectivity index (χ3n) is 3.86. The van der Waals surface area contributed by atoms with Crippen LogP contribution in [0.2, 0.25) is 0 Å². The van der Waals surface area contributed by atoms with Crippen LogP contribution in [-0.4, -0.2) is 42.5 Å². The molecule has 0 saturated carbocycles. The average molecular weight is 300 g/mol. The molecular formula is C12H20N4O3S. The predicted octanol–water partition coefficient (Wildman–Crippen LogP) is 0.628. The van der Waals surface area contributed by atoms with E-state index in [1.54, 1.807) is 4.90 Å². The molecule has 0 bridgehead atoms. The Hall–Kier alpha value is -1.41. The molecule has 20 heavy (non-hydrogen) atoms. The quantitative estimate of drug-likeness (QED) is 0.853. The van der Waals surface area contributed by atoms with Crippen LogP contribution < -0.4 is 5.14 Å². The van der Waals surface area contributed by atoms with E-state index >= 15 is 0 Å². The number of aromatic amines is 1. The largest absolute Gasteiger partial charge is 0.337 e. The number of hydrogen-bond acceptors (Lipinski definition) is 4. The summed E-state index contributed by atoms with van der Waals surface area (Å²) in [7, 11) is -3.96. The van der Waals surface area contributed by atoms with Crippen LogP contribution in [0.4, 0.5) is 0 Å². The number of nitrogens with two attached hydrogens (primary N) is 1. The Balaban J connectivity index is 2.23. The highest BCUT2D eigenvalue weighted by Gasteiger charge is 2.30. The van der Waals surface area contributed by atoms with Gasteiger partial charge in [-0.1, -0.05) is 13.3 Å². The molecule has 8 heteroatoms. The molecule has 0 aliphatic carbocycles. The zero-order valence-corrected chi connectivity index (χ0v) is 12.5. The molecule has 0 spiro atoms. The van der Waals surface area contributed by atoms with E-state index in [1.165, 1.54) is 6.92 Å². The second kappa shape index (κ2) is 5.53. The lowest BCUT2D eigenvalue weighted by atomic mass is 9.94. The first-order chi connectivity index (χ1) is 9.34. The first-order valence-electron chi connectivity index (χ1n) is 6.71. The minimum atomic E-state index is -3.96. The van der Waals surface area contributed by atoms with Gasteiger partial charge in [-0.3, -0.25) is 9.89 Å². The van der Waals surface area contributed by atoms with E-state index < -0.39 is 10.0 Å². The van der Waals surface area contributed by atoms with Crippen LogP contribution >= 0.6 is 0 Å². The lowest BCUT2D eigenvalue weighted by Gasteiger charge is -2.31. The van der Waals surface area contributed by atoms with Crippen molar-refractivity contribution in [3.05, 3.63) is 11.4 Å². The fourth-order valence-corrected chi connectivity index (χ4v) is 3.48. The second-order valence-electron chi connectivity index (χ2n) is 5.22. The van der Waals surface area contributed by atoms with Crippen LogP contribution in [0.1, 0.15) is 42.4 Å². The van der Waals surface area contributed by atoms with Crippen molar-refractivity contribution >= 4 is 15.9 Å². The number of likely N-dealkylation sites (tertiary alicyclic amines) is 1. The molecule has 1 aliphatic rings. The van der Waals surface area contributed by atoms with Gasteiger partial charge in [-0.15, -0.1) is 0 Å². The van der Waals surface area contributed by atoms with Crippen LogP contribution in [0.25, 0.3) is 0 Å². The maximum Gasteiger partial charge on any atom is 0.275 e. The first kappa shape index (κ1) is 15.0. The molecule has 2 rings (SSSR count). The number of H-pyrrole nitrogens is 1. The number of nitrogens with zero attached hydrogens (tertiary/aromatic N) is 2. The van der Waals surface area contributed by atoms with Gasteiger partial charge in [0, 0.05) is 13.1 Å². The van der Waals surface area contributed by atoms with Crippen LogP contribution in [0.5, 0.6) is 0 Å². The minimum Gasteiger partial charge on any atom is -0.337 e. The third kappa shape index (κ3) is 2.85. The fraction of sp³-hybridized carbons (Fsp3) is 0.667. The molecule has 7 nitrogen and oxygen atoms in total. The van der Waals surface area contributed by atoms with Crippen LogP contribution in [0.15, 0.2) is 4.90 Å². The number of aromatic nitrogens is 2. The molecule has 1 fully saturated rings. The summed E-state index contributed by atoms with van der Waals surface area (Å²) < 4.78 is 23.1. The normalized spacial score (nSPS) is 17.4. The maximum atomic E-state index is 12.4. The van der Waals surface area contributed by atoms with Crippen molar-refractivity contribution in [1.29, 1.82) is 0 Å². The zero-order chi connectivity index (χ0) is 14.9. The highest BCUT2D eigenvalue weighted by atomic mass is 32.2. The molecule has 1 saturated heterocycles. The fourth-order valence-electron chi connectivity index (χ4n) is 2.61. The van der Waals surface area contributed by atoms with Gasteiger partial charge in [0.05, 0.1) is 5.69 Å². The molecule has 2 heterocycles. The summed E-state index contributed by atoms with van der Waals surface area (Å²) in [6.07, 6.45) is 2.98. The minimum absolute atomic E-state index is 0.0973. The number of carbonyl (C=O) groups excluding carboxylic acids is 1. The summed E-state index contributed by atoms with van der Waals surface area (Å²) in [6, 6.07) is 0. The molecule has 1 amide bonds. The van der Waals surface area contributed by atoms with E-state index in [2.05, 4.69) is 17.1 Å². The standard InChI is InChI=1S/C12H20N4O3S/c1-3-9-4-6-16(7-5-9)12(17)10-11(20(13,18)19)8(2)14-15-10/h9H,3-7H2,1-2H3,(H,14,15)(H2,13,18,19). The van der Waals surface area contributed by atoms with Gasteiger partial charge in [-0.05, 0) is 25.7 Å². The lowest BCUT2D eigenvalue weighted by molar-refractivity contribution is 0.0679. The van der Waals surface area contributed by atoms with Gasteiger partial charge in [0.15, 0.2) is 5.69 Å². The van der Waals surface area contributed by atoms with Gasteiger partial charge in [0.1, 0.15) is 4.90 Å². The molecule has 3 N–H and O–H groups in total. The van der Waals surface area contributed by atoms with Crippen molar-refractivity contribution in [3.8, 4) is 0 Å². The number of piperidine rings is 1. The van der Waals surface area contributed by atoms with E-state index in [0.29, 0.717) is 24.7 Å². The van der Waals surface area contributed by atoms with E-state index in [4.69, 9.17) is 5.14 Å². The first-order valence-corrected chi connectivity index (χ1v) is 8.26. The van der Waals surface area contributed by atoms with Gasteiger partial charge in [-0.25, -0.2) is 13.6 Å². The average Bonchev–Trinajstić information content (AvgIpc) is 2.80. The molecule has 0 unspecified atom stereocenters. The second-order valence-corrected chi connectivity index (χ2v) is 6.71. The number of sulfonamides is 1. The Bertz CT molecular complexity index is 600. The number of primary sulfonamides is 1. The van der Waals surface area contributed by atoms with Crippen molar-refractivity contribution in [1.82, 2.24) is 15.1 Å². The van der Waals surface area contributed by atoms with Crippen LogP contribution in [0, 0.1) is 12.8 Å². The van der Waals surface area contributed by atoms with Gasteiger partial charge in [-0.2, -0.15) is 5.10 Å².